The van der Waals surface area contributed by atoms with Crippen LogP contribution in [0.25, 0.3) is 10.9 Å². The summed E-state index contributed by atoms with van der Waals surface area (Å²) in [6.07, 6.45) is 1.68. The van der Waals surface area contributed by atoms with Crippen LogP contribution in [0.2, 0.25) is 5.02 Å². The summed E-state index contributed by atoms with van der Waals surface area (Å²) < 4.78 is 1.82. The molecule has 2 aromatic rings. The average Bonchev–Trinajstić information content (AvgIpc) is 2.57. The molecule has 0 radical (unpaired) electrons. The SMILES string of the molecule is CCN1CCN(C(=O)Cn2ccc(=O)c3cc(Cl)ccc32)CC1. The number of nitrogens with zero attached hydrogens (tertiary/aromatic N) is 3. The van der Waals surface area contributed by atoms with E-state index >= 15 is 0 Å². The number of pyridine rings is 1. The van der Waals surface area contributed by atoms with E-state index < -0.39 is 0 Å². The number of likely N-dealkylation sites (N-methyl/N-ethyl adjacent to an activating group) is 1. The van der Waals surface area contributed by atoms with Gasteiger partial charge in [0.05, 0.1) is 5.52 Å². The lowest BCUT2D eigenvalue weighted by atomic mass is 10.2. The van der Waals surface area contributed by atoms with Gasteiger partial charge in [0, 0.05) is 48.9 Å². The highest BCUT2D eigenvalue weighted by molar-refractivity contribution is 6.31. The molecule has 0 spiro atoms. The molecule has 1 aromatic heterocycles. The first-order chi connectivity index (χ1) is 11.1. The Morgan fingerprint density at radius 1 is 1.17 bits per heavy atom. The lowest BCUT2D eigenvalue weighted by Gasteiger charge is -2.34. The van der Waals surface area contributed by atoms with Gasteiger partial charge in [-0.15, -0.1) is 0 Å². The van der Waals surface area contributed by atoms with Crippen molar-refractivity contribution in [2.75, 3.05) is 32.7 Å². The lowest BCUT2D eigenvalue weighted by molar-refractivity contribution is -0.133. The van der Waals surface area contributed by atoms with E-state index in [0.717, 1.165) is 38.2 Å². The third-order valence-corrected chi connectivity index (χ3v) is 4.65. The second-order valence-corrected chi connectivity index (χ2v) is 6.22. The van der Waals surface area contributed by atoms with Crippen LogP contribution in [-0.2, 0) is 11.3 Å². The first-order valence-corrected chi connectivity index (χ1v) is 8.25. The van der Waals surface area contributed by atoms with Gasteiger partial charge in [0.15, 0.2) is 5.43 Å². The normalized spacial score (nSPS) is 16.0. The average molecular weight is 334 g/mol. The molecule has 1 aromatic carbocycles. The molecule has 5 nitrogen and oxygen atoms in total. The Morgan fingerprint density at radius 3 is 2.61 bits per heavy atom. The van der Waals surface area contributed by atoms with Crippen molar-refractivity contribution in [1.29, 1.82) is 0 Å². The Hall–Kier alpha value is -1.85. The summed E-state index contributed by atoms with van der Waals surface area (Å²) in [5, 5.41) is 1.07. The molecule has 0 aliphatic carbocycles. The van der Waals surface area contributed by atoms with E-state index in [9.17, 15) is 9.59 Å². The van der Waals surface area contributed by atoms with Gasteiger partial charge in [-0.25, -0.2) is 0 Å². The third kappa shape index (κ3) is 3.41. The maximum atomic E-state index is 12.5. The van der Waals surface area contributed by atoms with Crippen LogP contribution in [0.1, 0.15) is 6.92 Å². The van der Waals surface area contributed by atoms with Crippen LogP contribution in [0.4, 0.5) is 0 Å². The summed E-state index contributed by atoms with van der Waals surface area (Å²) in [4.78, 5) is 28.7. The van der Waals surface area contributed by atoms with Crippen LogP contribution in [0.5, 0.6) is 0 Å². The Kier molecular flexibility index (Phi) is 4.68. The molecule has 0 unspecified atom stereocenters. The van der Waals surface area contributed by atoms with E-state index in [1.165, 1.54) is 6.07 Å². The van der Waals surface area contributed by atoms with Crippen LogP contribution in [0.3, 0.4) is 0 Å². The second-order valence-electron chi connectivity index (χ2n) is 5.78. The number of amides is 1. The van der Waals surface area contributed by atoms with Crippen LogP contribution >= 0.6 is 11.6 Å². The largest absolute Gasteiger partial charge is 0.339 e. The maximum Gasteiger partial charge on any atom is 0.242 e. The first kappa shape index (κ1) is 16.0. The summed E-state index contributed by atoms with van der Waals surface area (Å²) in [6.45, 7) is 6.76. The fourth-order valence-electron chi connectivity index (χ4n) is 2.98. The number of benzene rings is 1. The molecule has 6 heteroatoms. The zero-order valence-electron chi connectivity index (χ0n) is 13.2. The highest BCUT2D eigenvalue weighted by Crippen LogP contribution is 2.16. The molecule has 0 atom stereocenters. The van der Waals surface area contributed by atoms with Crippen molar-refractivity contribution >= 4 is 28.4 Å². The molecule has 1 aliphatic rings. The minimum atomic E-state index is -0.0808. The van der Waals surface area contributed by atoms with Crippen LogP contribution in [-0.4, -0.2) is 53.0 Å². The van der Waals surface area contributed by atoms with E-state index in [4.69, 9.17) is 11.6 Å². The van der Waals surface area contributed by atoms with Crippen molar-refractivity contribution < 1.29 is 4.79 Å². The molecule has 3 rings (SSSR count). The van der Waals surface area contributed by atoms with E-state index in [0.29, 0.717) is 10.4 Å². The van der Waals surface area contributed by atoms with Gasteiger partial charge >= 0.3 is 0 Å². The van der Waals surface area contributed by atoms with Crippen LogP contribution in [0, 0.1) is 0 Å². The lowest BCUT2D eigenvalue weighted by Crippen LogP contribution is -2.49. The van der Waals surface area contributed by atoms with Gasteiger partial charge < -0.3 is 14.4 Å². The quantitative estimate of drug-likeness (QED) is 0.860. The summed E-state index contributed by atoms with van der Waals surface area (Å²) >= 11 is 5.97. The van der Waals surface area contributed by atoms with Gasteiger partial charge in [-0.05, 0) is 24.7 Å². The number of carbonyl (C=O) groups is 1. The number of rotatable bonds is 3. The minimum absolute atomic E-state index is 0.0808. The highest BCUT2D eigenvalue weighted by Gasteiger charge is 2.20. The van der Waals surface area contributed by atoms with Gasteiger partial charge in [-0.2, -0.15) is 0 Å². The fraction of sp³-hybridized carbons (Fsp3) is 0.412. The predicted octanol–water partition coefficient (Wildman–Crippen LogP) is 1.82. The van der Waals surface area contributed by atoms with E-state index in [-0.39, 0.29) is 17.9 Å². The number of halogens is 1. The standard InChI is InChI=1S/C17H20ClN3O2/c1-2-19-7-9-20(10-8-19)17(23)12-21-6-5-16(22)14-11-13(18)3-4-15(14)21/h3-6,11H,2,7-10,12H2,1H3. The van der Waals surface area contributed by atoms with E-state index in [2.05, 4.69) is 11.8 Å². The van der Waals surface area contributed by atoms with Gasteiger partial charge in [0.25, 0.3) is 0 Å². The highest BCUT2D eigenvalue weighted by atomic mass is 35.5. The van der Waals surface area contributed by atoms with Crippen LogP contribution in [0.15, 0.2) is 35.3 Å². The molecular weight excluding hydrogens is 314 g/mol. The van der Waals surface area contributed by atoms with Gasteiger partial charge in [-0.1, -0.05) is 18.5 Å². The zero-order chi connectivity index (χ0) is 16.4. The molecule has 2 heterocycles. The number of hydrogen-bond donors (Lipinski definition) is 0. The molecule has 23 heavy (non-hydrogen) atoms. The Bertz CT molecular complexity index is 779. The number of aromatic nitrogens is 1. The number of piperazine rings is 1. The van der Waals surface area contributed by atoms with Gasteiger partial charge in [0.1, 0.15) is 6.54 Å². The Morgan fingerprint density at radius 2 is 1.91 bits per heavy atom. The Balaban J connectivity index is 1.81. The predicted molar refractivity (Wildman–Crippen MR) is 91.9 cm³/mol. The number of carbonyl (C=O) groups excluding carboxylic acids is 1. The summed E-state index contributed by atoms with van der Waals surface area (Å²) in [5.41, 5.74) is 0.658. The molecule has 1 fully saturated rings. The second kappa shape index (κ2) is 6.72. The van der Waals surface area contributed by atoms with Crippen molar-refractivity contribution in [2.24, 2.45) is 0 Å². The fourth-order valence-corrected chi connectivity index (χ4v) is 3.15. The Labute approximate surface area is 140 Å². The van der Waals surface area contributed by atoms with Crippen molar-refractivity contribution in [3.63, 3.8) is 0 Å². The number of fused-ring (bicyclic) bond motifs is 1. The monoisotopic (exact) mass is 333 g/mol. The minimum Gasteiger partial charge on any atom is -0.339 e. The van der Waals surface area contributed by atoms with Gasteiger partial charge in [0.2, 0.25) is 5.91 Å². The molecule has 122 valence electrons. The molecular formula is C17H20ClN3O2. The van der Waals surface area contributed by atoms with Gasteiger partial charge in [-0.3, -0.25) is 9.59 Å². The summed E-state index contributed by atoms with van der Waals surface area (Å²) in [7, 11) is 0. The van der Waals surface area contributed by atoms with Crippen molar-refractivity contribution in [2.45, 2.75) is 13.5 Å². The molecule has 1 saturated heterocycles. The smallest absolute Gasteiger partial charge is 0.242 e. The van der Waals surface area contributed by atoms with E-state index in [1.54, 1.807) is 24.4 Å². The third-order valence-electron chi connectivity index (χ3n) is 4.42. The first-order valence-electron chi connectivity index (χ1n) is 7.87. The molecule has 1 amide bonds. The van der Waals surface area contributed by atoms with E-state index in [1.807, 2.05) is 9.47 Å². The molecule has 0 N–H and O–H groups in total. The topological polar surface area (TPSA) is 45.5 Å². The van der Waals surface area contributed by atoms with Crippen molar-refractivity contribution in [3.8, 4) is 0 Å². The molecule has 0 bridgehead atoms. The molecule has 0 saturated carbocycles. The summed E-state index contributed by atoms with van der Waals surface area (Å²) in [6, 6.07) is 6.67. The number of hydrogen-bond acceptors (Lipinski definition) is 3. The van der Waals surface area contributed by atoms with Crippen molar-refractivity contribution in [1.82, 2.24) is 14.4 Å². The van der Waals surface area contributed by atoms with Crippen molar-refractivity contribution in [3.05, 3.63) is 45.7 Å². The zero-order valence-corrected chi connectivity index (χ0v) is 13.9. The summed E-state index contributed by atoms with van der Waals surface area (Å²) in [5.74, 6) is 0.0839. The van der Waals surface area contributed by atoms with Crippen LogP contribution < -0.4 is 5.43 Å². The molecule has 1 aliphatic heterocycles. The maximum absolute atomic E-state index is 12.5.